The normalized spacial score (nSPS) is 12.8. The van der Waals surface area contributed by atoms with Gasteiger partial charge in [-0.15, -0.1) is 6.58 Å². The molecule has 90 valence electrons. The summed E-state index contributed by atoms with van der Waals surface area (Å²) in [6.07, 6.45) is 5.10. The van der Waals surface area contributed by atoms with Crippen molar-refractivity contribution in [2.75, 3.05) is 11.9 Å². The van der Waals surface area contributed by atoms with Crippen LogP contribution in [-0.4, -0.2) is 16.1 Å². The molecule has 3 nitrogen and oxygen atoms in total. The summed E-state index contributed by atoms with van der Waals surface area (Å²) in [6, 6.07) is 0.508. The second-order valence-corrected chi connectivity index (χ2v) is 4.50. The topological polar surface area (TPSA) is 29.9 Å². The minimum Gasteiger partial charge on any atom is -0.352 e. The van der Waals surface area contributed by atoms with E-state index in [9.17, 15) is 0 Å². The molecular formula is C13H23N3. The molecule has 1 heterocycles. The van der Waals surface area contributed by atoms with E-state index in [2.05, 4.69) is 48.4 Å². The van der Waals surface area contributed by atoms with Gasteiger partial charge in [-0.1, -0.05) is 26.8 Å². The van der Waals surface area contributed by atoms with Crippen molar-refractivity contribution in [1.29, 1.82) is 0 Å². The molecule has 0 radical (unpaired) electrons. The Morgan fingerprint density at radius 1 is 1.56 bits per heavy atom. The van der Waals surface area contributed by atoms with Crippen molar-refractivity contribution in [3.63, 3.8) is 0 Å². The van der Waals surface area contributed by atoms with Crippen LogP contribution in [-0.2, 0) is 0 Å². The van der Waals surface area contributed by atoms with E-state index < -0.39 is 0 Å². The number of anilines is 1. The van der Waals surface area contributed by atoms with E-state index in [0.717, 1.165) is 24.6 Å². The molecular weight excluding hydrogens is 198 g/mol. The Balaban J connectivity index is 2.95. The number of nitrogens with one attached hydrogen (secondary N) is 1. The first-order valence-corrected chi connectivity index (χ1v) is 6.00. The number of hydrogen-bond acceptors (Lipinski definition) is 2. The lowest BCUT2D eigenvalue weighted by molar-refractivity contribution is 0.369. The van der Waals surface area contributed by atoms with Crippen LogP contribution >= 0.6 is 0 Å². The number of aryl methyl sites for hydroxylation is 1. The van der Waals surface area contributed by atoms with Gasteiger partial charge in [-0.05, 0) is 19.3 Å². The fourth-order valence-electron chi connectivity index (χ4n) is 2.05. The van der Waals surface area contributed by atoms with Gasteiger partial charge in [0.05, 0.1) is 5.69 Å². The van der Waals surface area contributed by atoms with E-state index in [1.807, 2.05) is 13.0 Å². The molecule has 0 aromatic carbocycles. The number of imidazole rings is 1. The van der Waals surface area contributed by atoms with Crippen LogP contribution in [0.4, 0.5) is 5.95 Å². The number of nitrogens with zero attached hydrogens (tertiary/aromatic N) is 2. The number of hydrogen-bond donors (Lipinski definition) is 1. The average molecular weight is 221 g/mol. The van der Waals surface area contributed by atoms with Crippen LogP contribution < -0.4 is 5.32 Å². The Morgan fingerprint density at radius 3 is 2.75 bits per heavy atom. The zero-order valence-corrected chi connectivity index (χ0v) is 10.8. The Kier molecular flexibility index (Phi) is 4.59. The standard InChI is InChI=1S/C13H23N3/c1-6-8-14-13-15-11(5)9-16(13)12(7-2)10(3)4/h6,9-10,12H,1,7-8H2,2-5H3,(H,14,15). The zero-order valence-electron chi connectivity index (χ0n) is 10.8. The fourth-order valence-corrected chi connectivity index (χ4v) is 2.05. The third-order valence-corrected chi connectivity index (χ3v) is 2.80. The van der Waals surface area contributed by atoms with E-state index in [4.69, 9.17) is 0 Å². The van der Waals surface area contributed by atoms with E-state index in [1.54, 1.807) is 0 Å². The molecule has 3 heteroatoms. The lowest BCUT2D eigenvalue weighted by atomic mass is 10.0. The van der Waals surface area contributed by atoms with Crippen LogP contribution in [0.2, 0.25) is 0 Å². The maximum Gasteiger partial charge on any atom is 0.203 e. The zero-order chi connectivity index (χ0) is 12.1. The molecule has 0 spiro atoms. The Morgan fingerprint density at radius 2 is 2.25 bits per heavy atom. The molecule has 0 aliphatic heterocycles. The molecule has 1 aromatic rings. The highest BCUT2D eigenvalue weighted by molar-refractivity contribution is 5.30. The first kappa shape index (κ1) is 12.8. The molecule has 16 heavy (non-hydrogen) atoms. The molecule has 0 saturated heterocycles. The van der Waals surface area contributed by atoms with Crippen LogP contribution in [0.1, 0.15) is 38.9 Å². The predicted octanol–water partition coefficient (Wildman–Crippen LogP) is 3.40. The van der Waals surface area contributed by atoms with Gasteiger partial charge in [0.2, 0.25) is 5.95 Å². The molecule has 0 fully saturated rings. The summed E-state index contributed by atoms with van der Waals surface area (Å²) < 4.78 is 2.25. The minimum atomic E-state index is 0.508. The van der Waals surface area contributed by atoms with Gasteiger partial charge < -0.3 is 9.88 Å². The van der Waals surface area contributed by atoms with E-state index >= 15 is 0 Å². The molecule has 1 unspecified atom stereocenters. The van der Waals surface area contributed by atoms with Crippen LogP contribution in [0.15, 0.2) is 18.9 Å². The van der Waals surface area contributed by atoms with Crippen molar-refractivity contribution >= 4 is 5.95 Å². The van der Waals surface area contributed by atoms with Gasteiger partial charge in [0.15, 0.2) is 0 Å². The summed E-state index contributed by atoms with van der Waals surface area (Å²) in [4.78, 5) is 4.50. The second kappa shape index (κ2) is 5.73. The van der Waals surface area contributed by atoms with E-state index in [1.165, 1.54) is 0 Å². The van der Waals surface area contributed by atoms with Crippen LogP contribution in [0.5, 0.6) is 0 Å². The summed E-state index contributed by atoms with van der Waals surface area (Å²) in [5.74, 6) is 1.57. The largest absolute Gasteiger partial charge is 0.352 e. The second-order valence-electron chi connectivity index (χ2n) is 4.50. The Labute approximate surface area is 98.6 Å². The molecule has 1 N–H and O–H groups in total. The van der Waals surface area contributed by atoms with Gasteiger partial charge in [0.1, 0.15) is 0 Å². The summed E-state index contributed by atoms with van der Waals surface area (Å²) in [5, 5.41) is 3.29. The molecule has 0 aliphatic carbocycles. The highest BCUT2D eigenvalue weighted by Crippen LogP contribution is 2.25. The van der Waals surface area contributed by atoms with Gasteiger partial charge in [-0.2, -0.15) is 0 Å². The molecule has 1 rings (SSSR count). The Hall–Kier alpha value is -1.25. The Bertz CT molecular complexity index is 339. The molecule has 0 bridgehead atoms. The number of aromatic nitrogens is 2. The average Bonchev–Trinajstić information content (AvgIpc) is 2.57. The maximum absolute atomic E-state index is 4.50. The summed E-state index contributed by atoms with van der Waals surface area (Å²) in [7, 11) is 0. The molecule has 1 atom stereocenters. The van der Waals surface area contributed by atoms with Crippen LogP contribution in [0.25, 0.3) is 0 Å². The highest BCUT2D eigenvalue weighted by atomic mass is 15.2. The third-order valence-electron chi connectivity index (χ3n) is 2.80. The smallest absolute Gasteiger partial charge is 0.203 e. The monoisotopic (exact) mass is 221 g/mol. The summed E-state index contributed by atoms with van der Waals surface area (Å²) in [5.41, 5.74) is 1.06. The summed E-state index contributed by atoms with van der Waals surface area (Å²) >= 11 is 0. The molecule has 1 aromatic heterocycles. The molecule has 0 amide bonds. The lowest BCUT2D eigenvalue weighted by Gasteiger charge is -2.23. The lowest BCUT2D eigenvalue weighted by Crippen LogP contribution is -2.17. The van der Waals surface area contributed by atoms with E-state index in [-0.39, 0.29) is 0 Å². The van der Waals surface area contributed by atoms with Gasteiger partial charge in [0.25, 0.3) is 0 Å². The predicted molar refractivity (Wildman–Crippen MR) is 69.8 cm³/mol. The van der Waals surface area contributed by atoms with Crippen LogP contribution in [0.3, 0.4) is 0 Å². The van der Waals surface area contributed by atoms with Crippen molar-refractivity contribution in [3.05, 3.63) is 24.5 Å². The fraction of sp³-hybridized carbons (Fsp3) is 0.615. The quantitative estimate of drug-likeness (QED) is 0.746. The van der Waals surface area contributed by atoms with Crippen molar-refractivity contribution in [1.82, 2.24) is 9.55 Å². The van der Waals surface area contributed by atoms with Gasteiger partial charge in [0, 0.05) is 18.8 Å². The minimum absolute atomic E-state index is 0.508. The summed E-state index contributed by atoms with van der Waals surface area (Å²) in [6.45, 7) is 13.2. The highest BCUT2D eigenvalue weighted by Gasteiger charge is 2.17. The van der Waals surface area contributed by atoms with Crippen molar-refractivity contribution < 1.29 is 0 Å². The van der Waals surface area contributed by atoms with Crippen molar-refractivity contribution in [3.8, 4) is 0 Å². The van der Waals surface area contributed by atoms with Crippen molar-refractivity contribution in [2.45, 2.75) is 40.2 Å². The first-order valence-electron chi connectivity index (χ1n) is 6.00. The third kappa shape index (κ3) is 2.87. The van der Waals surface area contributed by atoms with Gasteiger partial charge in [-0.25, -0.2) is 4.98 Å². The molecule has 0 aliphatic rings. The first-order chi connectivity index (χ1) is 7.60. The van der Waals surface area contributed by atoms with E-state index in [0.29, 0.717) is 12.0 Å². The number of rotatable bonds is 6. The van der Waals surface area contributed by atoms with Crippen molar-refractivity contribution in [2.24, 2.45) is 5.92 Å². The SMILES string of the molecule is C=CCNc1nc(C)cn1C(CC)C(C)C. The van der Waals surface area contributed by atoms with Gasteiger partial charge in [-0.3, -0.25) is 0 Å². The molecule has 0 saturated carbocycles. The maximum atomic E-state index is 4.50. The van der Waals surface area contributed by atoms with Crippen LogP contribution in [0, 0.1) is 12.8 Å². The van der Waals surface area contributed by atoms with Gasteiger partial charge >= 0.3 is 0 Å².